The van der Waals surface area contributed by atoms with E-state index in [1.165, 1.54) is 11.3 Å². The third kappa shape index (κ3) is 2.02. The quantitative estimate of drug-likeness (QED) is 0.720. The van der Waals surface area contributed by atoms with Crippen LogP contribution in [0, 0.1) is 6.92 Å². The van der Waals surface area contributed by atoms with Crippen LogP contribution in [-0.2, 0) is 13.0 Å². The molecule has 1 aromatic heterocycles. The zero-order valence-electron chi connectivity index (χ0n) is 8.35. The van der Waals surface area contributed by atoms with E-state index in [1.54, 1.807) is 0 Å². The first-order valence-corrected chi connectivity index (χ1v) is 4.88. The largest absolute Gasteiger partial charge is 0.270 e. The van der Waals surface area contributed by atoms with Crippen LogP contribution >= 0.6 is 0 Å². The normalized spacial score (nSPS) is 10.4. The Labute approximate surface area is 84.2 Å². The van der Waals surface area contributed by atoms with E-state index in [4.69, 9.17) is 0 Å². The van der Waals surface area contributed by atoms with Crippen LogP contribution in [0.15, 0.2) is 42.6 Å². The van der Waals surface area contributed by atoms with Gasteiger partial charge in [-0.15, -0.1) is 0 Å². The zero-order chi connectivity index (χ0) is 9.80. The Kier molecular flexibility index (Phi) is 2.63. The molecular formula is C12H14N2. The summed E-state index contributed by atoms with van der Waals surface area (Å²) in [6.07, 6.45) is 2.89. The summed E-state index contributed by atoms with van der Waals surface area (Å²) in [5.41, 5.74) is 2.59. The molecule has 0 radical (unpaired) electrons. The maximum absolute atomic E-state index is 4.25. The van der Waals surface area contributed by atoms with Crippen molar-refractivity contribution in [3.05, 3.63) is 53.9 Å². The molecule has 2 heteroatoms. The predicted molar refractivity (Wildman–Crippen MR) is 57.1 cm³/mol. The molecule has 2 rings (SSSR count). The van der Waals surface area contributed by atoms with Gasteiger partial charge in [-0.3, -0.25) is 4.68 Å². The van der Waals surface area contributed by atoms with Crippen molar-refractivity contribution in [2.75, 3.05) is 0 Å². The molecule has 1 heterocycles. The highest BCUT2D eigenvalue weighted by atomic mass is 15.3. The van der Waals surface area contributed by atoms with Gasteiger partial charge in [0.15, 0.2) is 0 Å². The molecule has 0 saturated carbocycles. The summed E-state index contributed by atoms with van der Waals surface area (Å²) >= 11 is 0. The van der Waals surface area contributed by atoms with Crippen molar-refractivity contribution in [3.8, 4) is 0 Å². The van der Waals surface area contributed by atoms with Crippen molar-refractivity contribution in [2.24, 2.45) is 0 Å². The van der Waals surface area contributed by atoms with Crippen LogP contribution in [0.3, 0.4) is 0 Å². The lowest BCUT2D eigenvalue weighted by Gasteiger charge is -2.03. The van der Waals surface area contributed by atoms with Crippen molar-refractivity contribution in [3.63, 3.8) is 0 Å². The SMILES string of the molecule is Cc1ccnn1CCc1ccccc1. The third-order valence-electron chi connectivity index (χ3n) is 2.38. The molecule has 0 aliphatic carbocycles. The summed E-state index contributed by atoms with van der Waals surface area (Å²) in [5, 5.41) is 4.25. The first kappa shape index (κ1) is 9.00. The summed E-state index contributed by atoms with van der Waals surface area (Å²) in [7, 11) is 0. The van der Waals surface area contributed by atoms with Crippen LogP contribution in [-0.4, -0.2) is 9.78 Å². The van der Waals surface area contributed by atoms with Crippen LogP contribution in [0.2, 0.25) is 0 Å². The Hall–Kier alpha value is -1.57. The molecule has 2 nitrogen and oxygen atoms in total. The molecule has 0 aliphatic rings. The van der Waals surface area contributed by atoms with E-state index >= 15 is 0 Å². The molecule has 0 atom stereocenters. The second-order valence-corrected chi connectivity index (χ2v) is 3.43. The Morgan fingerprint density at radius 2 is 1.93 bits per heavy atom. The maximum Gasteiger partial charge on any atom is 0.0492 e. The van der Waals surface area contributed by atoms with Crippen molar-refractivity contribution in [1.29, 1.82) is 0 Å². The monoisotopic (exact) mass is 186 g/mol. The van der Waals surface area contributed by atoms with Gasteiger partial charge >= 0.3 is 0 Å². The highest BCUT2D eigenvalue weighted by Crippen LogP contribution is 2.03. The van der Waals surface area contributed by atoms with Gasteiger partial charge < -0.3 is 0 Å². The highest BCUT2D eigenvalue weighted by molar-refractivity contribution is 5.14. The van der Waals surface area contributed by atoms with E-state index in [0.717, 1.165) is 13.0 Å². The molecule has 14 heavy (non-hydrogen) atoms. The van der Waals surface area contributed by atoms with Gasteiger partial charge in [0.05, 0.1) is 0 Å². The molecule has 0 N–H and O–H groups in total. The van der Waals surface area contributed by atoms with Gasteiger partial charge in [0.1, 0.15) is 0 Å². The molecule has 0 bridgehead atoms. The van der Waals surface area contributed by atoms with Crippen LogP contribution in [0.4, 0.5) is 0 Å². The fourth-order valence-electron chi connectivity index (χ4n) is 1.51. The topological polar surface area (TPSA) is 17.8 Å². The average Bonchev–Trinajstić information content (AvgIpc) is 2.63. The number of hydrogen-bond acceptors (Lipinski definition) is 1. The molecule has 0 aliphatic heterocycles. The molecular weight excluding hydrogens is 172 g/mol. The molecule has 0 saturated heterocycles. The van der Waals surface area contributed by atoms with Crippen LogP contribution in [0.25, 0.3) is 0 Å². The van der Waals surface area contributed by atoms with Gasteiger partial charge in [0, 0.05) is 18.4 Å². The number of nitrogens with zero attached hydrogens (tertiary/aromatic N) is 2. The van der Waals surface area contributed by atoms with Crippen molar-refractivity contribution in [2.45, 2.75) is 19.9 Å². The van der Waals surface area contributed by atoms with Crippen molar-refractivity contribution < 1.29 is 0 Å². The van der Waals surface area contributed by atoms with Crippen LogP contribution in [0.5, 0.6) is 0 Å². The Morgan fingerprint density at radius 3 is 2.57 bits per heavy atom. The smallest absolute Gasteiger partial charge is 0.0492 e. The van der Waals surface area contributed by atoms with Crippen LogP contribution < -0.4 is 0 Å². The van der Waals surface area contributed by atoms with Gasteiger partial charge in [0.25, 0.3) is 0 Å². The van der Waals surface area contributed by atoms with E-state index in [1.807, 2.05) is 23.0 Å². The summed E-state index contributed by atoms with van der Waals surface area (Å²) < 4.78 is 2.03. The fraction of sp³-hybridized carbons (Fsp3) is 0.250. The van der Waals surface area contributed by atoms with E-state index < -0.39 is 0 Å². The standard InChI is InChI=1S/C12H14N2/c1-11-7-9-13-14(11)10-8-12-5-3-2-4-6-12/h2-7,9H,8,10H2,1H3. The molecule has 0 unspecified atom stereocenters. The maximum atomic E-state index is 4.25. The number of benzene rings is 1. The summed E-state index contributed by atoms with van der Waals surface area (Å²) in [6, 6.07) is 12.5. The first-order valence-electron chi connectivity index (χ1n) is 4.88. The molecule has 72 valence electrons. The van der Waals surface area contributed by atoms with Crippen molar-refractivity contribution in [1.82, 2.24) is 9.78 Å². The number of rotatable bonds is 3. The lowest BCUT2D eigenvalue weighted by molar-refractivity contribution is 0.598. The molecule has 2 aromatic rings. The van der Waals surface area contributed by atoms with E-state index in [-0.39, 0.29) is 0 Å². The third-order valence-corrected chi connectivity index (χ3v) is 2.38. The predicted octanol–water partition coefficient (Wildman–Crippen LogP) is 2.43. The Bertz CT molecular complexity index is 390. The molecule has 0 amide bonds. The van der Waals surface area contributed by atoms with Gasteiger partial charge in [-0.05, 0) is 25.0 Å². The minimum atomic E-state index is 0.961. The number of aromatic nitrogens is 2. The van der Waals surface area contributed by atoms with Crippen molar-refractivity contribution >= 4 is 0 Å². The van der Waals surface area contributed by atoms with E-state index in [9.17, 15) is 0 Å². The Morgan fingerprint density at radius 1 is 1.14 bits per heavy atom. The number of aryl methyl sites for hydroxylation is 3. The summed E-state index contributed by atoms with van der Waals surface area (Å²) in [4.78, 5) is 0. The lowest BCUT2D eigenvalue weighted by Crippen LogP contribution is -2.04. The van der Waals surface area contributed by atoms with E-state index in [2.05, 4.69) is 36.3 Å². The van der Waals surface area contributed by atoms with Gasteiger partial charge in [-0.2, -0.15) is 5.10 Å². The average molecular weight is 186 g/mol. The molecule has 1 aromatic carbocycles. The number of hydrogen-bond donors (Lipinski definition) is 0. The first-order chi connectivity index (χ1) is 6.86. The lowest BCUT2D eigenvalue weighted by atomic mass is 10.1. The van der Waals surface area contributed by atoms with Crippen LogP contribution in [0.1, 0.15) is 11.3 Å². The minimum absolute atomic E-state index is 0.961. The fourth-order valence-corrected chi connectivity index (χ4v) is 1.51. The molecule has 0 spiro atoms. The second kappa shape index (κ2) is 4.09. The highest BCUT2D eigenvalue weighted by Gasteiger charge is 1.96. The van der Waals surface area contributed by atoms with Gasteiger partial charge in [-0.1, -0.05) is 30.3 Å². The minimum Gasteiger partial charge on any atom is -0.270 e. The summed E-state index contributed by atoms with van der Waals surface area (Å²) in [6.45, 7) is 3.04. The van der Waals surface area contributed by atoms with E-state index in [0.29, 0.717) is 0 Å². The zero-order valence-corrected chi connectivity index (χ0v) is 8.35. The van der Waals surface area contributed by atoms with Gasteiger partial charge in [-0.25, -0.2) is 0 Å². The Balaban J connectivity index is 1.99. The van der Waals surface area contributed by atoms with Gasteiger partial charge in [0.2, 0.25) is 0 Å². The second-order valence-electron chi connectivity index (χ2n) is 3.43. The molecule has 0 fully saturated rings. The summed E-state index contributed by atoms with van der Waals surface area (Å²) in [5.74, 6) is 0.